The summed E-state index contributed by atoms with van der Waals surface area (Å²) in [5, 5.41) is 35.0. The van der Waals surface area contributed by atoms with Crippen molar-refractivity contribution in [1.82, 2.24) is 0 Å². The monoisotopic (exact) mass is 633 g/mol. The van der Waals surface area contributed by atoms with Gasteiger partial charge in [-0.2, -0.15) is 0 Å². The number of hydrogen-bond donors (Lipinski definition) is 4. The molecular weight excluding hydrogens is 615 g/mol. The molecule has 19 nitrogen and oxygen atoms in total. The van der Waals surface area contributed by atoms with Crippen molar-refractivity contribution in [3.63, 3.8) is 0 Å². The third-order valence-electron chi connectivity index (χ3n) is 1.48. The van der Waals surface area contributed by atoms with Gasteiger partial charge in [-0.25, -0.2) is 4.79 Å². The normalized spacial score (nSPS) is 14.2. The molecule has 14 N–H and O–H groups in total. The van der Waals surface area contributed by atoms with E-state index in [2.05, 4.69) is 4.74 Å². The number of hydrogen-bond acceptors (Lipinski definition) is 14. The van der Waals surface area contributed by atoms with Crippen molar-refractivity contribution in [2.24, 2.45) is 0 Å². The van der Waals surface area contributed by atoms with Gasteiger partial charge in [-0.05, 0) is 0 Å². The van der Waals surface area contributed by atoms with Crippen molar-refractivity contribution in [2.45, 2.75) is 12.2 Å². The summed E-state index contributed by atoms with van der Waals surface area (Å²) in [7, 11) is -10.3. The molecule has 0 aromatic rings. The maximum Gasteiger partial charge on any atom is 2.00 e. The van der Waals surface area contributed by atoms with Gasteiger partial charge in [-0.1, -0.05) is 0 Å². The minimum atomic E-state index is -5.17. The maximum atomic E-state index is 10.5. The summed E-state index contributed by atoms with van der Waals surface area (Å²) in [6, 6.07) is 0. The van der Waals surface area contributed by atoms with Gasteiger partial charge in [0.05, 0.1) is 6.61 Å². The van der Waals surface area contributed by atoms with E-state index >= 15 is 0 Å². The largest absolute Gasteiger partial charge is 2.00 e. The van der Waals surface area contributed by atoms with Crippen LogP contribution in [-0.4, -0.2) is 108 Å². The molecule has 1 aliphatic rings. The van der Waals surface area contributed by atoms with Crippen LogP contribution >= 0.6 is 0 Å². The first-order valence-electron chi connectivity index (χ1n) is 4.53. The molecule has 0 unspecified atom stereocenters. The first kappa shape index (κ1) is 63.1. The number of aliphatic hydroxyl groups is 4. The molecule has 0 saturated heterocycles. The molecule has 0 spiro atoms. The molecule has 1 aliphatic heterocycles. The van der Waals surface area contributed by atoms with Crippen LogP contribution in [0.1, 0.15) is 0 Å². The summed E-state index contributed by atoms with van der Waals surface area (Å²) in [5.41, 5.74) is 0. The molecule has 0 aromatic carbocycles. The van der Waals surface area contributed by atoms with Crippen LogP contribution in [0.5, 0.6) is 0 Å². The van der Waals surface area contributed by atoms with Crippen LogP contribution in [0, 0.1) is 0 Å². The van der Waals surface area contributed by atoms with Crippen molar-refractivity contribution in [1.29, 1.82) is 0 Å². The second kappa shape index (κ2) is 26.9. The molecule has 195 valence electrons. The molecule has 30 heavy (non-hydrogen) atoms. The van der Waals surface area contributed by atoms with Gasteiger partial charge in [0.2, 0.25) is 5.76 Å². The Bertz CT molecular complexity index is 573. The SMILES string of the molecule is O.O.O.O.O.O=C1O[C@H]([C@@H](O)CO)C(O)=C1O.O=S(=O)([O-])[O-].O=S(=O)([O-])[O-].[Cu].[Fe+2].[Fe+2]. The predicted molar refractivity (Wildman–Crippen MR) is 74.3 cm³/mol. The molecule has 0 bridgehead atoms. The van der Waals surface area contributed by atoms with Crippen LogP contribution in [0.3, 0.4) is 0 Å². The molecule has 0 amide bonds. The summed E-state index contributed by atoms with van der Waals surface area (Å²) in [4.78, 5) is 10.5. The van der Waals surface area contributed by atoms with E-state index in [-0.39, 0.29) is 78.6 Å². The number of carbonyl (C=O) groups is 1. The molecule has 1 rings (SSSR count). The third kappa shape index (κ3) is 42.0. The van der Waals surface area contributed by atoms with Gasteiger partial charge in [-0.3, -0.25) is 16.8 Å². The quantitative estimate of drug-likeness (QED) is 0.0949. The van der Waals surface area contributed by atoms with E-state index in [9.17, 15) is 4.79 Å². The van der Waals surface area contributed by atoms with Gasteiger partial charge in [0.15, 0.2) is 11.9 Å². The van der Waals surface area contributed by atoms with Crippen LogP contribution in [0.15, 0.2) is 11.5 Å². The van der Waals surface area contributed by atoms with Crippen molar-refractivity contribution in [3.05, 3.63) is 11.5 Å². The zero-order valence-corrected chi connectivity index (χ0v) is 18.3. The van der Waals surface area contributed by atoms with E-state index in [1.807, 2.05) is 0 Å². The zero-order chi connectivity index (χ0) is 18.3. The Kier molecular flexibility index (Phi) is 56.5. The minimum Gasteiger partial charge on any atom is -0.759 e. The van der Waals surface area contributed by atoms with E-state index < -0.39 is 57.1 Å². The Labute approximate surface area is 200 Å². The average Bonchev–Trinajstić information content (AvgIpc) is 2.51. The molecular formula is C6H18CuFe2O19S2. The molecule has 24 heteroatoms. The number of aliphatic hydroxyl groups excluding tert-OH is 4. The molecule has 1 radical (unpaired) electrons. The van der Waals surface area contributed by atoms with Crippen molar-refractivity contribution in [3.8, 4) is 0 Å². The van der Waals surface area contributed by atoms with E-state index in [0.29, 0.717) is 0 Å². The van der Waals surface area contributed by atoms with Gasteiger partial charge < -0.3 is 70.8 Å². The number of ether oxygens (including phenoxy) is 1. The average molecular weight is 634 g/mol. The van der Waals surface area contributed by atoms with Crippen LogP contribution in [-0.2, 0) is 81.5 Å². The van der Waals surface area contributed by atoms with Crippen molar-refractivity contribution < 1.29 is 144 Å². The standard InChI is InChI=1S/C6H8O6.Cu.2Fe.2H2O4S.5H2O/c7-1-2(8)5-3(9)4(10)6(11)12-5;;;;2*1-5(2,3)4;;;;;/h2,5,7-10H,1H2;;;;2*(H2,1,2,3,4);5*1H2/q;;2*+2;;;;;;;/p-4/t2-,5+;;;;;;;;;;/m0........../s1. The van der Waals surface area contributed by atoms with Gasteiger partial charge in [0, 0.05) is 37.9 Å². The molecule has 1 heterocycles. The van der Waals surface area contributed by atoms with Crippen LogP contribution in [0.25, 0.3) is 0 Å². The minimum absolute atomic E-state index is 0. The fourth-order valence-corrected chi connectivity index (χ4v) is 0.823. The fraction of sp³-hybridized carbons (Fsp3) is 0.500. The smallest absolute Gasteiger partial charge is 0.759 e. The number of rotatable bonds is 2. The van der Waals surface area contributed by atoms with Gasteiger partial charge in [0.25, 0.3) is 0 Å². The van der Waals surface area contributed by atoms with E-state index in [4.69, 9.17) is 55.5 Å². The first-order valence-corrected chi connectivity index (χ1v) is 7.20. The van der Waals surface area contributed by atoms with E-state index in [1.54, 1.807) is 0 Å². The molecule has 0 aliphatic carbocycles. The Hall–Kier alpha value is -0.172. The summed E-state index contributed by atoms with van der Waals surface area (Å²) in [6.45, 7) is -0.671. The summed E-state index contributed by atoms with van der Waals surface area (Å²) >= 11 is 0. The Morgan fingerprint density at radius 3 is 1.23 bits per heavy atom. The van der Waals surface area contributed by atoms with Gasteiger partial charge >= 0.3 is 40.1 Å². The molecule has 2 atom stereocenters. The number of esters is 1. The van der Waals surface area contributed by atoms with Gasteiger partial charge in [-0.15, -0.1) is 0 Å². The Balaban J connectivity index is -0.0000000247. The first-order chi connectivity index (χ1) is 9.57. The van der Waals surface area contributed by atoms with Crippen molar-refractivity contribution >= 4 is 26.8 Å². The summed E-state index contributed by atoms with van der Waals surface area (Å²) in [5.74, 6) is -2.78. The molecule has 0 saturated carbocycles. The van der Waals surface area contributed by atoms with E-state index in [0.717, 1.165) is 0 Å². The summed E-state index contributed by atoms with van der Waals surface area (Å²) in [6.07, 6.45) is -2.78. The maximum absolute atomic E-state index is 10.5. The Morgan fingerprint density at radius 1 is 0.867 bits per heavy atom. The summed E-state index contributed by atoms with van der Waals surface area (Å²) < 4.78 is 72.5. The number of cyclic esters (lactones) is 1. The second-order valence-electron chi connectivity index (χ2n) is 3.13. The third-order valence-corrected chi connectivity index (χ3v) is 1.48. The predicted octanol–water partition coefficient (Wildman–Crippen LogP) is -8.21. The van der Waals surface area contributed by atoms with Crippen molar-refractivity contribution in [2.75, 3.05) is 6.61 Å². The van der Waals surface area contributed by atoms with Crippen LogP contribution in [0.2, 0.25) is 0 Å². The number of carbonyl (C=O) groups excluding carboxylic acids is 1. The van der Waals surface area contributed by atoms with Crippen LogP contribution in [0.4, 0.5) is 0 Å². The van der Waals surface area contributed by atoms with Gasteiger partial charge in [0.1, 0.15) is 6.10 Å². The second-order valence-corrected chi connectivity index (χ2v) is 4.76. The van der Waals surface area contributed by atoms with Crippen LogP contribution < -0.4 is 0 Å². The zero-order valence-electron chi connectivity index (χ0n) is 13.6. The molecule has 0 fully saturated rings. The molecule has 0 aromatic heterocycles. The van der Waals surface area contributed by atoms with E-state index in [1.165, 1.54) is 0 Å². The Morgan fingerprint density at radius 2 is 1.10 bits per heavy atom. The fourth-order valence-electron chi connectivity index (χ4n) is 0.823. The topological polar surface area (TPSA) is 425 Å².